The molecule has 0 aliphatic carbocycles. The van der Waals surface area contributed by atoms with Crippen molar-refractivity contribution < 1.29 is 10.0 Å². The highest BCUT2D eigenvalue weighted by Gasteiger charge is 2.12. The Kier molecular flexibility index (Phi) is 5.28. The minimum Gasteiger partial charge on any atom is -0.396 e. The van der Waals surface area contributed by atoms with Gasteiger partial charge in [-0.25, -0.2) is 0 Å². The zero-order valence-electron chi connectivity index (χ0n) is 9.13. The lowest BCUT2D eigenvalue weighted by atomic mass is 10.2. The Hall–Kier alpha value is -1.07. The lowest BCUT2D eigenvalue weighted by molar-refractivity contribution is -0.385. The summed E-state index contributed by atoms with van der Waals surface area (Å²) in [6.07, 6.45) is 0. The van der Waals surface area contributed by atoms with Gasteiger partial charge in [0.05, 0.1) is 4.92 Å². The summed E-state index contributed by atoms with van der Waals surface area (Å²) in [5, 5.41) is 19.6. The Morgan fingerprint density at radius 1 is 1.50 bits per heavy atom. The van der Waals surface area contributed by atoms with E-state index in [1.807, 2.05) is 6.92 Å². The molecule has 0 aliphatic rings. The van der Waals surface area contributed by atoms with Gasteiger partial charge >= 0.3 is 0 Å². The first-order chi connectivity index (χ1) is 7.65. The molecule has 1 unspecified atom stereocenters. The van der Waals surface area contributed by atoms with Crippen molar-refractivity contribution in [3.05, 3.63) is 39.9 Å². The van der Waals surface area contributed by atoms with Crippen LogP contribution in [0, 0.1) is 16.0 Å². The van der Waals surface area contributed by atoms with E-state index in [0.717, 1.165) is 11.3 Å². The zero-order valence-corrected chi connectivity index (χ0v) is 9.94. The van der Waals surface area contributed by atoms with Crippen molar-refractivity contribution in [1.29, 1.82) is 0 Å². The van der Waals surface area contributed by atoms with Crippen molar-refractivity contribution in [2.45, 2.75) is 12.7 Å². The standard InChI is InChI=1S/C11H15NO3S/c1-9(6-13)7-16-8-10-4-2-3-5-11(10)12(14)15/h2-5,9,13H,6-8H2,1H3. The first-order valence-electron chi connectivity index (χ1n) is 5.06. The van der Waals surface area contributed by atoms with Gasteiger partial charge in [0, 0.05) is 24.0 Å². The molecule has 0 radical (unpaired) electrons. The Morgan fingerprint density at radius 2 is 2.19 bits per heavy atom. The molecule has 16 heavy (non-hydrogen) atoms. The second-order valence-electron chi connectivity index (χ2n) is 3.69. The average Bonchev–Trinajstić information content (AvgIpc) is 2.29. The number of rotatable bonds is 6. The molecule has 0 spiro atoms. The number of thioether (sulfide) groups is 1. The number of aliphatic hydroxyl groups is 1. The molecule has 1 N–H and O–H groups in total. The first-order valence-corrected chi connectivity index (χ1v) is 6.21. The van der Waals surface area contributed by atoms with Crippen LogP contribution in [0.15, 0.2) is 24.3 Å². The lowest BCUT2D eigenvalue weighted by Crippen LogP contribution is -2.03. The van der Waals surface area contributed by atoms with Gasteiger partial charge in [0.1, 0.15) is 0 Å². The summed E-state index contributed by atoms with van der Waals surface area (Å²) in [5.74, 6) is 1.65. The van der Waals surface area contributed by atoms with Gasteiger partial charge in [0.25, 0.3) is 5.69 Å². The molecule has 0 bridgehead atoms. The van der Waals surface area contributed by atoms with Crippen molar-refractivity contribution in [1.82, 2.24) is 0 Å². The topological polar surface area (TPSA) is 63.4 Å². The van der Waals surface area contributed by atoms with Gasteiger partial charge in [-0.3, -0.25) is 10.1 Å². The number of benzene rings is 1. The summed E-state index contributed by atoms with van der Waals surface area (Å²) in [6, 6.07) is 6.77. The minimum absolute atomic E-state index is 0.157. The van der Waals surface area contributed by atoms with Crippen LogP contribution in [-0.4, -0.2) is 22.4 Å². The number of nitro groups is 1. The fourth-order valence-corrected chi connectivity index (χ4v) is 2.32. The van der Waals surface area contributed by atoms with Crippen LogP contribution in [0.2, 0.25) is 0 Å². The van der Waals surface area contributed by atoms with Crippen LogP contribution in [0.5, 0.6) is 0 Å². The Labute approximate surface area is 98.8 Å². The SMILES string of the molecule is CC(CO)CSCc1ccccc1[N+](=O)[O-]. The van der Waals surface area contributed by atoms with Gasteiger partial charge in [0.15, 0.2) is 0 Å². The van der Waals surface area contributed by atoms with E-state index >= 15 is 0 Å². The molecule has 1 aromatic carbocycles. The third kappa shape index (κ3) is 3.83. The van der Waals surface area contributed by atoms with Gasteiger partial charge in [-0.1, -0.05) is 25.1 Å². The molecule has 5 heteroatoms. The van der Waals surface area contributed by atoms with Crippen LogP contribution < -0.4 is 0 Å². The minimum atomic E-state index is -0.356. The predicted octanol–water partition coefficient (Wildman–Crippen LogP) is 2.46. The maximum absolute atomic E-state index is 10.7. The molecule has 88 valence electrons. The molecular formula is C11H15NO3S. The molecule has 1 atom stereocenters. The quantitative estimate of drug-likeness (QED) is 0.613. The number of nitrogens with zero attached hydrogens (tertiary/aromatic N) is 1. The number of aliphatic hydroxyl groups excluding tert-OH is 1. The summed E-state index contributed by atoms with van der Waals surface area (Å²) in [5.41, 5.74) is 0.911. The molecule has 0 amide bonds. The summed E-state index contributed by atoms with van der Waals surface area (Å²) in [4.78, 5) is 10.4. The third-order valence-corrected chi connectivity index (χ3v) is 3.48. The van der Waals surface area contributed by atoms with Crippen LogP contribution in [0.3, 0.4) is 0 Å². The van der Waals surface area contributed by atoms with Gasteiger partial charge in [-0.15, -0.1) is 0 Å². The Balaban J connectivity index is 2.56. The third-order valence-electron chi connectivity index (χ3n) is 2.16. The predicted molar refractivity (Wildman–Crippen MR) is 65.5 cm³/mol. The maximum atomic E-state index is 10.7. The molecule has 0 aliphatic heterocycles. The van der Waals surface area contributed by atoms with E-state index in [1.165, 1.54) is 6.07 Å². The smallest absolute Gasteiger partial charge is 0.273 e. The van der Waals surface area contributed by atoms with E-state index in [9.17, 15) is 10.1 Å². The summed E-state index contributed by atoms with van der Waals surface area (Å²) >= 11 is 1.61. The Morgan fingerprint density at radius 3 is 2.81 bits per heavy atom. The molecule has 0 aromatic heterocycles. The van der Waals surface area contributed by atoms with Gasteiger partial charge < -0.3 is 5.11 Å². The fraction of sp³-hybridized carbons (Fsp3) is 0.455. The van der Waals surface area contributed by atoms with Crippen molar-refractivity contribution in [3.63, 3.8) is 0 Å². The highest BCUT2D eigenvalue weighted by Crippen LogP contribution is 2.23. The first kappa shape index (κ1) is 13.0. The van der Waals surface area contributed by atoms with Crippen molar-refractivity contribution >= 4 is 17.4 Å². The second kappa shape index (κ2) is 6.50. The van der Waals surface area contributed by atoms with Crippen LogP contribution in [0.25, 0.3) is 0 Å². The molecule has 0 saturated carbocycles. The molecule has 0 saturated heterocycles. The highest BCUT2D eigenvalue weighted by molar-refractivity contribution is 7.98. The van der Waals surface area contributed by atoms with E-state index in [2.05, 4.69) is 0 Å². The van der Waals surface area contributed by atoms with Crippen molar-refractivity contribution in [2.75, 3.05) is 12.4 Å². The van der Waals surface area contributed by atoms with Crippen LogP contribution >= 0.6 is 11.8 Å². The van der Waals surface area contributed by atoms with Gasteiger partial charge in [0.2, 0.25) is 0 Å². The summed E-state index contributed by atoms with van der Waals surface area (Å²) in [6.45, 7) is 2.11. The van der Waals surface area contributed by atoms with E-state index in [4.69, 9.17) is 5.11 Å². The number of hydrogen-bond acceptors (Lipinski definition) is 4. The molecule has 1 rings (SSSR count). The molecule has 0 fully saturated rings. The van der Waals surface area contributed by atoms with Gasteiger partial charge in [-0.05, 0) is 11.7 Å². The largest absolute Gasteiger partial charge is 0.396 e. The molecule has 4 nitrogen and oxygen atoms in total. The monoisotopic (exact) mass is 241 g/mol. The van der Waals surface area contributed by atoms with Crippen molar-refractivity contribution in [2.24, 2.45) is 5.92 Å². The second-order valence-corrected chi connectivity index (χ2v) is 4.72. The zero-order chi connectivity index (χ0) is 12.0. The molecular weight excluding hydrogens is 226 g/mol. The van der Waals surface area contributed by atoms with Crippen LogP contribution in [0.1, 0.15) is 12.5 Å². The van der Waals surface area contributed by atoms with Crippen LogP contribution in [0.4, 0.5) is 5.69 Å². The van der Waals surface area contributed by atoms with E-state index in [1.54, 1.807) is 30.0 Å². The number of nitro benzene ring substituents is 1. The van der Waals surface area contributed by atoms with E-state index in [-0.39, 0.29) is 23.1 Å². The normalized spacial score (nSPS) is 12.4. The fourth-order valence-electron chi connectivity index (χ4n) is 1.23. The maximum Gasteiger partial charge on any atom is 0.273 e. The Bertz CT molecular complexity index is 357. The average molecular weight is 241 g/mol. The number of para-hydroxylation sites is 1. The van der Waals surface area contributed by atoms with E-state index < -0.39 is 0 Å². The van der Waals surface area contributed by atoms with Crippen molar-refractivity contribution in [3.8, 4) is 0 Å². The van der Waals surface area contributed by atoms with Gasteiger partial charge in [-0.2, -0.15) is 11.8 Å². The van der Waals surface area contributed by atoms with E-state index in [0.29, 0.717) is 5.75 Å². The van der Waals surface area contributed by atoms with Crippen LogP contribution in [-0.2, 0) is 5.75 Å². The highest BCUT2D eigenvalue weighted by atomic mass is 32.2. The summed E-state index contributed by atoms with van der Waals surface area (Å²) in [7, 11) is 0. The lowest BCUT2D eigenvalue weighted by Gasteiger charge is -2.07. The summed E-state index contributed by atoms with van der Waals surface area (Å²) < 4.78 is 0. The molecule has 1 aromatic rings. The number of hydrogen-bond donors (Lipinski definition) is 1. The molecule has 0 heterocycles.